The molecular formula is C16H22B3NO2. The van der Waals surface area contributed by atoms with E-state index >= 15 is 0 Å². The average molecular weight is 293 g/mol. The molecule has 6 radical (unpaired) electrons. The minimum absolute atomic E-state index is 0.133. The molecule has 0 amide bonds. The van der Waals surface area contributed by atoms with Crippen LogP contribution in [0.15, 0.2) is 12.1 Å². The summed E-state index contributed by atoms with van der Waals surface area (Å²) in [6.07, 6.45) is 4.31. The standard InChI is InChI=1S/C16H22B3NO2/c1-20(2)10-16(19,15(22)6-4-3-5-7-15)11-8-12(17)14(21)13(18)9-11/h8-9,21-22H,3-7,10H2,1-2H3. The molecule has 6 heteroatoms. The first kappa shape index (κ1) is 17.5. The van der Waals surface area contributed by atoms with E-state index in [0.717, 1.165) is 19.3 Å². The molecular weight excluding hydrogens is 271 g/mol. The first-order chi connectivity index (χ1) is 10.2. The second kappa shape index (κ2) is 6.33. The number of aliphatic hydroxyl groups is 1. The molecule has 112 valence electrons. The predicted molar refractivity (Wildman–Crippen MR) is 92.9 cm³/mol. The van der Waals surface area contributed by atoms with Crippen LogP contribution in [0, 0.1) is 0 Å². The summed E-state index contributed by atoms with van der Waals surface area (Å²) in [4.78, 5) is 1.95. The van der Waals surface area contributed by atoms with Crippen molar-refractivity contribution in [1.29, 1.82) is 0 Å². The fraction of sp³-hybridized carbons (Fsp3) is 0.625. The van der Waals surface area contributed by atoms with E-state index in [1.54, 1.807) is 12.1 Å². The fourth-order valence-electron chi connectivity index (χ4n) is 3.53. The summed E-state index contributed by atoms with van der Waals surface area (Å²) in [5.74, 6) is -0.133. The molecule has 22 heavy (non-hydrogen) atoms. The van der Waals surface area contributed by atoms with E-state index in [4.69, 9.17) is 23.5 Å². The normalized spacial score (nSPS) is 20.7. The number of likely N-dealkylation sites (N-methyl/N-ethyl adjacent to an activating group) is 1. The molecule has 0 aromatic heterocycles. The number of phenolic OH excluding ortho intramolecular Hbond substituents is 1. The maximum absolute atomic E-state index is 11.2. The molecule has 0 aliphatic heterocycles. The van der Waals surface area contributed by atoms with Crippen molar-refractivity contribution in [3.63, 3.8) is 0 Å². The molecule has 1 atom stereocenters. The van der Waals surface area contributed by atoms with Gasteiger partial charge in [-0.05, 0) is 37.8 Å². The van der Waals surface area contributed by atoms with Gasteiger partial charge in [-0.15, -0.1) is 0 Å². The highest BCUT2D eigenvalue weighted by Gasteiger charge is 2.48. The van der Waals surface area contributed by atoms with Gasteiger partial charge in [-0.2, -0.15) is 0 Å². The van der Waals surface area contributed by atoms with Gasteiger partial charge in [0.25, 0.3) is 0 Å². The fourth-order valence-corrected chi connectivity index (χ4v) is 3.53. The second-order valence-corrected chi connectivity index (χ2v) is 6.80. The molecule has 3 nitrogen and oxygen atoms in total. The monoisotopic (exact) mass is 293 g/mol. The maximum atomic E-state index is 11.2. The van der Waals surface area contributed by atoms with Crippen molar-refractivity contribution in [3.8, 4) is 5.75 Å². The van der Waals surface area contributed by atoms with Crippen molar-refractivity contribution in [2.45, 2.75) is 43.0 Å². The van der Waals surface area contributed by atoms with Gasteiger partial charge in [0.2, 0.25) is 0 Å². The Morgan fingerprint density at radius 3 is 2.09 bits per heavy atom. The number of hydrogen-bond donors (Lipinski definition) is 2. The Morgan fingerprint density at radius 1 is 1.14 bits per heavy atom. The number of hydrogen-bond acceptors (Lipinski definition) is 3. The highest BCUT2D eigenvalue weighted by molar-refractivity contribution is 6.41. The maximum Gasteiger partial charge on any atom is 0.118 e. The molecule has 1 aliphatic rings. The number of aromatic hydroxyl groups is 1. The van der Waals surface area contributed by atoms with Gasteiger partial charge in [0.15, 0.2) is 0 Å². The Kier molecular flexibility index (Phi) is 5.03. The highest BCUT2D eigenvalue weighted by atomic mass is 16.3. The van der Waals surface area contributed by atoms with Crippen LogP contribution in [0.4, 0.5) is 0 Å². The van der Waals surface area contributed by atoms with Crippen molar-refractivity contribution in [2.24, 2.45) is 0 Å². The Hall–Kier alpha value is -0.865. The van der Waals surface area contributed by atoms with E-state index < -0.39 is 10.9 Å². The molecule has 0 saturated heterocycles. The summed E-state index contributed by atoms with van der Waals surface area (Å²) < 4.78 is 0. The van der Waals surface area contributed by atoms with E-state index in [2.05, 4.69) is 0 Å². The molecule has 1 aliphatic carbocycles. The molecule has 2 rings (SSSR count). The van der Waals surface area contributed by atoms with Gasteiger partial charge in [0.1, 0.15) is 21.4 Å². The van der Waals surface area contributed by atoms with Crippen molar-refractivity contribution >= 4 is 34.5 Å². The lowest BCUT2D eigenvalue weighted by molar-refractivity contribution is -0.0448. The number of benzene rings is 1. The van der Waals surface area contributed by atoms with E-state index in [1.165, 1.54) is 0 Å². The summed E-state index contributed by atoms with van der Waals surface area (Å²) in [7, 11) is 22.2. The zero-order chi connectivity index (χ0) is 16.5. The van der Waals surface area contributed by atoms with E-state index in [9.17, 15) is 10.2 Å². The van der Waals surface area contributed by atoms with Crippen LogP contribution in [-0.2, 0) is 5.31 Å². The van der Waals surface area contributed by atoms with Crippen molar-refractivity contribution < 1.29 is 10.2 Å². The highest BCUT2D eigenvalue weighted by Crippen LogP contribution is 2.43. The predicted octanol–water partition coefficient (Wildman–Crippen LogP) is -0.400. The van der Waals surface area contributed by atoms with E-state index in [0.29, 0.717) is 24.9 Å². The van der Waals surface area contributed by atoms with Gasteiger partial charge in [-0.3, -0.25) is 0 Å². The van der Waals surface area contributed by atoms with E-state index in [1.807, 2.05) is 19.0 Å². The van der Waals surface area contributed by atoms with Crippen LogP contribution in [-0.4, -0.2) is 64.9 Å². The van der Waals surface area contributed by atoms with Crippen LogP contribution >= 0.6 is 0 Å². The SMILES string of the molecule is [B]c1cc(C([B])(CN(C)C)C2(O)CCCCC2)cc([B])c1O. The summed E-state index contributed by atoms with van der Waals surface area (Å²) in [6.45, 7) is 0.465. The van der Waals surface area contributed by atoms with Gasteiger partial charge >= 0.3 is 0 Å². The Balaban J connectivity index is 2.54. The molecule has 0 heterocycles. The molecule has 1 aromatic carbocycles. The Morgan fingerprint density at radius 2 is 1.64 bits per heavy atom. The number of nitrogens with zero attached hydrogens (tertiary/aromatic N) is 1. The summed E-state index contributed by atoms with van der Waals surface area (Å²) in [5.41, 5.74) is 0.0233. The quantitative estimate of drug-likeness (QED) is 0.743. The first-order valence-corrected chi connectivity index (χ1v) is 7.74. The van der Waals surface area contributed by atoms with Crippen molar-refractivity contribution in [3.05, 3.63) is 17.7 Å². The topological polar surface area (TPSA) is 43.7 Å². The molecule has 0 bridgehead atoms. The molecule has 1 fully saturated rings. The smallest absolute Gasteiger partial charge is 0.118 e. The molecule has 2 N–H and O–H groups in total. The minimum atomic E-state index is -1.01. The van der Waals surface area contributed by atoms with Crippen LogP contribution in [0.3, 0.4) is 0 Å². The third kappa shape index (κ3) is 3.09. The zero-order valence-electron chi connectivity index (χ0n) is 13.5. The molecule has 0 spiro atoms. The van der Waals surface area contributed by atoms with Crippen LogP contribution < -0.4 is 10.9 Å². The van der Waals surface area contributed by atoms with Gasteiger partial charge in [0, 0.05) is 6.54 Å². The summed E-state index contributed by atoms with van der Waals surface area (Å²) in [5, 5.41) is 20.0. The number of phenols is 1. The summed E-state index contributed by atoms with van der Waals surface area (Å²) in [6, 6.07) is 3.25. The molecule has 1 aromatic rings. The van der Waals surface area contributed by atoms with Gasteiger partial charge in [-0.1, -0.05) is 42.3 Å². The second-order valence-electron chi connectivity index (χ2n) is 6.80. The van der Waals surface area contributed by atoms with Crippen LogP contribution in [0.1, 0.15) is 37.7 Å². The molecule has 1 saturated carbocycles. The van der Waals surface area contributed by atoms with E-state index in [-0.39, 0.29) is 16.7 Å². The lowest BCUT2D eigenvalue weighted by atomic mass is 9.50. The number of rotatable bonds is 4. The first-order valence-electron chi connectivity index (χ1n) is 7.74. The van der Waals surface area contributed by atoms with Gasteiger partial charge in [-0.25, -0.2) is 0 Å². The lowest BCUT2D eigenvalue weighted by Crippen LogP contribution is -2.58. The average Bonchev–Trinajstić information content (AvgIpc) is 2.44. The third-order valence-corrected chi connectivity index (χ3v) is 4.76. The Bertz CT molecular complexity index is 521. The largest absolute Gasteiger partial charge is 0.509 e. The van der Waals surface area contributed by atoms with Crippen LogP contribution in [0.2, 0.25) is 0 Å². The zero-order valence-corrected chi connectivity index (χ0v) is 13.5. The van der Waals surface area contributed by atoms with Gasteiger partial charge in [0.05, 0.1) is 13.4 Å². The minimum Gasteiger partial charge on any atom is -0.509 e. The Labute approximate surface area is 137 Å². The van der Waals surface area contributed by atoms with Crippen molar-refractivity contribution in [2.75, 3.05) is 20.6 Å². The third-order valence-electron chi connectivity index (χ3n) is 4.76. The summed E-state index contributed by atoms with van der Waals surface area (Å²) >= 11 is 0. The van der Waals surface area contributed by atoms with Crippen LogP contribution in [0.5, 0.6) is 5.75 Å². The lowest BCUT2D eigenvalue weighted by Gasteiger charge is -2.50. The van der Waals surface area contributed by atoms with Gasteiger partial charge < -0.3 is 15.1 Å². The molecule has 1 unspecified atom stereocenters. The van der Waals surface area contributed by atoms with Crippen molar-refractivity contribution in [1.82, 2.24) is 4.90 Å². The van der Waals surface area contributed by atoms with Crippen LogP contribution in [0.25, 0.3) is 0 Å².